The van der Waals surface area contributed by atoms with Gasteiger partial charge in [-0.1, -0.05) is 26.3 Å². The third-order valence-electron chi connectivity index (χ3n) is 3.89. The molecular formula is C17H24N2O. The number of rotatable bonds is 5. The SMILES string of the molecule is CCCCc1c(CC)nn(-c2ccc(C)c(C)c2)c1O. The number of benzene rings is 1. The van der Waals surface area contributed by atoms with Gasteiger partial charge in [-0.15, -0.1) is 0 Å². The Morgan fingerprint density at radius 1 is 1.15 bits per heavy atom. The van der Waals surface area contributed by atoms with Crippen molar-refractivity contribution in [1.82, 2.24) is 9.78 Å². The molecule has 3 nitrogen and oxygen atoms in total. The first kappa shape index (κ1) is 14.6. The van der Waals surface area contributed by atoms with Crippen molar-refractivity contribution in [3.63, 3.8) is 0 Å². The van der Waals surface area contributed by atoms with Crippen molar-refractivity contribution in [3.8, 4) is 11.6 Å². The van der Waals surface area contributed by atoms with E-state index in [1.165, 1.54) is 11.1 Å². The van der Waals surface area contributed by atoms with Crippen LogP contribution in [-0.4, -0.2) is 14.9 Å². The van der Waals surface area contributed by atoms with Crippen molar-refractivity contribution in [2.24, 2.45) is 0 Å². The first-order valence-electron chi connectivity index (χ1n) is 7.45. The van der Waals surface area contributed by atoms with Gasteiger partial charge in [0.05, 0.1) is 11.4 Å². The number of hydrogen-bond donors (Lipinski definition) is 1. The molecule has 3 heteroatoms. The van der Waals surface area contributed by atoms with Crippen LogP contribution in [0.5, 0.6) is 5.88 Å². The number of aromatic nitrogens is 2. The molecule has 0 fully saturated rings. The standard InChI is InChI=1S/C17H24N2O/c1-5-7-8-15-16(6-2)18-19(17(15)20)14-10-9-12(3)13(4)11-14/h9-11,20H,5-8H2,1-4H3. The fraction of sp³-hybridized carbons (Fsp3) is 0.471. The topological polar surface area (TPSA) is 38.0 Å². The largest absolute Gasteiger partial charge is 0.493 e. The highest BCUT2D eigenvalue weighted by molar-refractivity contribution is 5.44. The summed E-state index contributed by atoms with van der Waals surface area (Å²) in [6.07, 6.45) is 3.96. The molecule has 0 amide bonds. The van der Waals surface area contributed by atoms with E-state index in [1.54, 1.807) is 4.68 Å². The number of unbranched alkanes of at least 4 members (excludes halogenated alkanes) is 1. The van der Waals surface area contributed by atoms with Crippen LogP contribution in [0.4, 0.5) is 0 Å². The Morgan fingerprint density at radius 3 is 2.50 bits per heavy atom. The van der Waals surface area contributed by atoms with Gasteiger partial charge in [0.1, 0.15) is 0 Å². The highest BCUT2D eigenvalue weighted by Gasteiger charge is 2.16. The van der Waals surface area contributed by atoms with Crippen molar-refractivity contribution in [2.75, 3.05) is 0 Å². The van der Waals surface area contributed by atoms with Crippen LogP contribution < -0.4 is 0 Å². The maximum Gasteiger partial charge on any atom is 0.217 e. The third-order valence-corrected chi connectivity index (χ3v) is 3.89. The van der Waals surface area contributed by atoms with E-state index in [0.29, 0.717) is 5.88 Å². The lowest BCUT2D eigenvalue weighted by Gasteiger charge is -2.07. The molecule has 108 valence electrons. The van der Waals surface area contributed by atoms with Crippen LogP contribution in [0.3, 0.4) is 0 Å². The van der Waals surface area contributed by atoms with Crippen LogP contribution in [-0.2, 0) is 12.8 Å². The molecule has 0 aliphatic heterocycles. The van der Waals surface area contributed by atoms with Gasteiger partial charge in [-0.3, -0.25) is 0 Å². The van der Waals surface area contributed by atoms with Crippen LogP contribution >= 0.6 is 0 Å². The second-order valence-corrected chi connectivity index (χ2v) is 5.39. The van der Waals surface area contributed by atoms with Crippen LogP contribution in [0.2, 0.25) is 0 Å². The van der Waals surface area contributed by atoms with Crippen molar-refractivity contribution in [3.05, 3.63) is 40.6 Å². The van der Waals surface area contributed by atoms with Gasteiger partial charge < -0.3 is 5.11 Å². The molecule has 0 saturated heterocycles. The van der Waals surface area contributed by atoms with Gasteiger partial charge in [-0.25, -0.2) is 4.68 Å². The molecule has 1 heterocycles. The molecule has 1 N–H and O–H groups in total. The van der Waals surface area contributed by atoms with Crippen molar-refractivity contribution in [1.29, 1.82) is 0 Å². The van der Waals surface area contributed by atoms with Gasteiger partial charge in [-0.2, -0.15) is 5.10 Å². The fourth-order valence-electron chi connectivity index (χ4n) is 2.42. The average Bonchev–Trinajstić information content (AvgIpc) is 2.76. The molecule has 0 bridgehead atoms. The minimum atomic E-state index is 0.304. The van der Waals surface area contributed by atoms with Crippen LogP contribution in [0.15, 0.2) is 18.2 Å². The molecule has 2 rings (SSSR count). The normalized spacial score (nSPS) is 11.0. The van der Waals surface area contributed by atoms with Crippen molar-refractivity contribution >= 4 is 0 Å². The molecule has 1 aromatic heterocycles. The molecule has 0 radical (unpaired) electrons. The van der Waals surface area contributed by atoms with Crippen LogP contribution in [0.25, 0.3) is 5.69 Å². The number of nitrogens with zero attached hydrogens (tertiary/aromatic N) is 2. The summed E-state index contributed by atoms with van der Waals surface area (Å²) in [5.41, 5.74) is 5.41. The molecule has 0 saturated carbocycles. The molecule has 1 aromatic carbocycles. The van der Waals surface area contributed by atoms with Gasteiger partial charge in [0.25, 0.3) is 0 Å². The van der Waals surface area contributed by atoms with Gasteiger partial charge in [0, 0.05) is 5.56 Å². The van der Waals surface area contributed by atoms with Gasteiger partial charge >= 0.3 is 0 Å². The molecule has 20 heavy (non-hydrogen) atoms. The second-order valence-electron chi connectivity index (χ2n) is 5.39. The van der Waals surface area contributed by atoms with E-state index in [1.807, 2.05) is 6.07 Å². The highest BCUT2D eigenvalue weighted by Crippen LogP contribution is 2.27. The van der Waals surface area contributed by atoms with Gasteiger partial charge in [0.15, 0.2) is 0 Å². The molecule has 0 atom stereocenters. The minimum absolute atomic E-state index is 0.304. The zero-order chi connectivity index (χ0) is 14.7. The van der Waals surface area contributed by atoms with E-state index in [9.17, 15) is 5.11 Å². The van der Waals surface area contributed by atoms with E-state index >= 15 is 0 Å². The van der Waals surface area contributed by atoms with Crippen LogP contribution in [0.1, 0.15) is 49.1 Å². The van der Waals surface area contributed by atoms with Gasteiger partial charge in [0.2, 0.25) is 5.88 Å². The van der Waals surface area contributed by atoms with Crippen molar-refractivity contribution in [2.45, 2.75) is 53.4 Å². The first-order valence-corrected chi connectivity index (χ1v) is 7.45. The van der Waals surface area contributed by atoms with E-state index in [2.05, 4.69) is 44.9 Å². The summed E-state index contributed by atoms with van der Waals surface area (Å²) in [5, 5.41) is 15.1. The Hall–Kier alpha value is -1.77. The minimum Gasteiger partial charge on any atom is -0.493 e. The average molecular weight is 272 g/mol. The number of aryl methyl sites for hydroxylation is 3. The molecular weight excluding hydrogens is 248 g/mol. The monoisotopic (exact) mass is 272 g/mol. The molecule has 0 aliphatic carbocycles. The lowest BCUT2D eigenvalue weighted by Crippen LogP contribution is -1.98. The number of hydrogen-bond acceptors (Lipinski definition) is 2. The van der Waals surface area contributed by atoms with E-state index in [4.69, 9.17) is 0 Å². The summed E-state index contributed by atoms with van der Waals surface area (Å²) in [4.78, 5) is 0. The van der Waals surface area contributed by atoms with Crippen LogP contribution in [0, 0.1) is 13.8 Å². The molecule has 0 aliphatic rings. The lowest BCUT2D eigenvalue weighted by molar-refractivity contribution is 0.427. The third kappa shape index (κ3) is 2.72. The van der Waals surface area contributed by atoms with E-state index in [-0.39, 0.29) is 0 Å². The summed E-state index contributed by atoms with van der Waals surface area (Å²) < 4.78 is 1.68. The summed E-state index contributed by atoms with van der Waals surface area (Å²) >= 11 is 0. The van der Waals surface area contributed by atoms with Crippen molar-refractivity contribution < 1.29 is 5.11 Å². The smallest absolute Gasteiger partial charge is 0.217 e. The predicted molar refractivity (Wildman–Crippen MR) is 82.7 cm³/mol. The second kappa shape index (κ2) is 6.12. The zero-order valence-electron chi connectivity index (χ0n) is 12.9. The first-order chi connectivity index (χ1) is 9.58. The fourth-order valence-corrected chi connectivity index (χ4v) is 2.42. The van der Waals surface area contributed by atoms with E-state index < -0.39 is 0 Å². The Balaban J connectivity index is 2.46. The molecule has 0 unspecified atom stereocenters. The quantitative estimate of drug-likeness (QED) is 0.890. The maximum atomic E-state index is 10.5. The Kier molecular flexibility index (Phi) is 4.48. The molecule has 2 aromatic rings. The summed E-state index contributed by atoms with van der Waals surface area (Å²) in [7, 11) is 0. The van der Waals surface area contributed by atoms with E-state index in [0.717, 1.165) is 42.6 Å². The maximum absolute atomic E-state index is 10.5. The Labute approximate surface area is 121 Å². The predicted octanol–water partition coefficient (Wildman–Crippen LogP) is 4.10. The molecule has 0 spiro atoms. The summed E-state index contributed by atoms with van der Waals surface area (Å²) in [6, 6.07) is 6.16. The summed E-state index contributed by atoms with van der Waals surface area (Å²) in [5.74, 6) is 0.304. The summed E-state index contributed by atoms with van der Waals surface area (Å²) in [6.45, 7) is 8.42. The lowest BCUT2D eigenvalue weighted by atomic mass is 10.1. The zero-order valence-corrected chi connectivity index (χ0v) is 12.9. The number of aromatic hydroxyl groups is 1. The Morgan fingerprint density at radius 2 is 1.90 bits per heavy atom. The highest BCUT2D eigenvalue weighted by atomic mass is 16.3. The Bertz CT molecular complexity index is 599. The van der Waals surface area contributed by atoms with Gasteiger partial charge in [-0.05, 0) is 56.4 Å².